The zero-order valence-corrected chi connectivity index (χ0v) is 11.5. The molecule has 6 heteroatoms. The lowest BCUT2D eigenvalue weighted by Gasteiger charge is -2.14. The number of H-pyrrole nitrogens is 1. The molecule has 1 aromatic rings. The lowest BCUT2D eigenvalue weighted by Crippen LogP contribution is -2.32. The number of hydrogen-bond donors (Lipinski definition) is 2. The number of amides is 2. The fourth-order valence-electron chi connectivity index (χ4n) is 2.55. The van der Waals surface area contributed by atoms with Crippen molar-refractivity contribution in [2.75, 3.05) is 19.6 Å². The maximum atomic E-state index is 11.9. The van der Waals surface area contributed by atoms with Gasteiger partial charge in [0, 0.05) is 37.7 Å². The van der Waals surface area contributed by atoms with E-state index in [2.05, 4.69) is 15.5 Å². The summed E-state index contributed by atoms with van der Waals surface area (Å²) in [4.78, 5) is 25.6. The van der Waals surface area contributed by atoms with Crippen LogP contribution >= 0.6 is 0 Å². The third-order valence-electron chi connectivity index (χ3n) is 3.93. The summed E-state index contributed by atoms with van der Waals surface area (Å²) in [5, 5.41) is 9.68. The van der Waals surface area contributed by atoms with E-state index < -0.39 is 0 Å². The van der Waals surface area contributed by atoms with E-state index in [1.165, 1.54) is 12.8 Å². The predicted molar refractivity (Wildman–Crippen MR) is 73.3 cm³/mol. The summed E-state index contributed by atoms with van der Waals surface area (Å²) in [5.74, 6) is 0.478. The van der Waals surface area contributed by atoms with E-state index in [-0.39, 0.29) is 11.8 Å². The summed E-state index contributed by atoms with van der Waals surface area (Å²) in [6, 6.07) is 1.81. The Balaban J connectivity index is 1.42. The number of aromatic nitrogens is 2. The first-order chi connectivity index (χ1) is 9.74. The van der Waals surface area contributed by atoms with Gasteiger partial charge < -0.3 is 10.2 Å². The van der Waals surface area contributed by atoms with Crippen LogP contribution in [0.2, 0.25) is 0 Å². The van der Waals surface area contributed by atoms with Crippen LogP contribution in [0.25, 0.3) is 0 Å². The SMILES string of the molecule is O=C(NCCC(=O)N1CCCC1)c1cc(C2CC2)[nH]n1. The minimum Gasteiger partial charge on any atom is -0.350 e. The Hall–Kier alpha value is -1.85. The van der Waals surface area contributed by atoms with Crippen molar-refractivity contribution < 1.29 is 9.59 Å². The molecule has 0 radical (unpaired) electrons. The van der Waals surface area contributed by atoms with Gasteiger partial charge in [-0.2, -0.15) is 5.10 Å². The second kappa shape index (κ2) is 5.64. The quantitative estimate of drug-likeness (QED) is 0.843. The zero-order chi connectivity index (χ0) is 13.9. The number of aromatic amines is 1. The van der Waals surface area contributed by atoms with Crippen molar-refractivity contribution in [3.8, 4) is 0 Å². The molecule has 3 rings (SSSR count). The second-order valence-corrected chi connectivity index (χ2v) is 5.58. The molecule has 2 fully saturated rings. The van der Waals surface area contributed by atoms with Crippen molar-refractivity contribution >= 4 is 11.8 Å². The highest BCUT2D eigenvalue weighted by Crippen LogP contribution is 2.38. The predicted octanol–water partition coefficient (Wildman–Crippen LogP) is 1.03. The van der Waals surface area contributed by atoms with E-state index in [1.807, 2.05) is 11.0 Å². The third-order valence-corrected chi connectivity index (χ3v) is 3.93. The number of nitrogens with zero attached hydrogens (tertiary/aromatic N) is 2. The van der Waals surface area contributed by atoms with Gasteiger partial charge in [-0.3, -0.25) is 14.7 Å². The third kappa shape index (κ3) is 3.00. The molecule has 0 spiro atoms. The Morgan fingerprint density at radius 1 is 1.35 bits per heavy atom. The van der Waals surface area contributed by atoms with Crippen LogP contribution in [0.15, 0.2) is 6.07 Å². The number of carbonyl (C=O) groups is 2. The van der Waals surface area contributed by atoms with Gasteiger partial charge in [-0.1, -0.05) is 0 Å². The average Bonchev–Trinajstić information content (AvgIpc) is 2.97. The van der Waals surface area contributed by atoms with Crippen molar-refractivity contribution in [1.29, 1.82) is 0 Å². The highest BCUT2D eigenvalue weighted by atomic mass is 16.2. The molecule has 108 valence electrons. The van der Waals surface area contributed by atoms with Crippen LogP contribution < -0.4 is 5.32 Å². The Labute approximate surface area is 117 Å². The largest absolute Gasteiger partial charge is 0.350 e. The first-order valence-corrected chi connectivity index (χ1v) is 7.35. The van der Waals surface area contributed by atoms with Gasteiger partial charge in [0.2, 0.25) is 5.91 Å². The summed E-state index contributed by atoms with van der Waals surface area (Å²) in [6.07, 6.45) is 4.90. The zero-order valence-electron chi connectivity index (χ0n) is 11.5. The van der Waals surface area contributed by atoms with Crippen LogP contribution in [0.4, 0.5) is 0 Å². The Bertz CT molecular complexity index is 501. The van der Waals surface area contributed by atoms with E-state index in [1.54, 1.807) is 0 Å². The van der Waals surface area contributed by atoms with Gasteiger partial charge in [-0.05, 0) is 31.7 Å². The molecule has 1 saturated heterocycles. The van der Waals surface area contributed by atoms with Crippen LogP contribution in [0.5, 0.6) is 0 Å². The van der Waals surface area contributed by atoms with E-state index >= 15 is 0 Å². The molecule has 1 aliphatic heterocycles. The van der Waals surface area contributed by atoms with E-state index in [0.29, 0.717) is 24.6 Å². The molecule has 1 saturated carbocycles. The summed E-state index contributed by atoms with van der Waals surface area (Å²) in [5.41, 5.74) is 1.46. The van der Waals surface area contributed by atoms with Gasteiger partial charge in [0.25, 0.3) is 5.91 Å². The van der Waals surface area contributed by atoms with Crippen LogP contribution in [-0.4, -0.2) is 46.5 Å². The molecule has 1 aliphatic carbocycles. The van der Waals surface area contributed by atoms with Crippen LogP contribution in [0, 0.1) is 0 Å². The minimum atomic E-state index is -0.206. The molecule has 0 atom stereocenters. The van der Waals surface area contributed by atoms with Crippen molar-refractivity contribution in [2.45, 2.75) is 38.0 Å². The first kappa shape index (κ1) is 13.1. The minimum absolute atomic E-state index is 0.128. The Kier molecular flexibility index (Phi) is 3.71. The number of hydrogen-bond acceptors (Lipinski definition) is 3. The first-order valence-electron chi connectivity index (χ1n) is 7.35. The van der Waals surface area contributed by atoms with Gasteiger partial charge >= 0.3 is 0 Å². The molecular formula is C14H20N4O2. The fraction of sp³-hybridized carbons (Fsp3) is 0.643. The van der Waals surface area contributed by atoms with Crippen molar-refractivity contribution in [2.24, 2.45) is 0 Å². The second-order valence-electron chi connectivity index (χ2n) is 5.58. The maximum absolute atomic E-state index is 11.9. The number of rotatable bonds is 5. The molecule has 2 amide bonds. The molecule has 0 unspecified atom stereocenters. The van der Waals surface area contributed by atoms with Gasteiger partial charge in [-0.15, -0.1) is 0 Å². The van der Waals surface area contributed by atoms with E-state index in [0.717, 1.165) is 31.6 Å². The summed E-state index contributed by atoms with van der Waals surface area (Å²) in [7, 11) is 0. The van der Waals surface area contributed by atoms with Crippen LogP contribution in [-0.2, 0) is 4.79 Å². The molecular weight excluding hydrogens is 256 g/mol. The van der Waals surface area contributed by atoms with Crippen molar-refractivity contribution in [3.63, 3.8) is 0 Å². The maximum Gasteiger partial charge on any atom is 0.271 e. The Morgan fingerprint density at radius 3 is 2.80 bits per heavy atom. The van der Waals surface area contributed by atoms with Crippen LogP contribution in [0.3, 0.4) is 0 Å². The number of likely N-dealkylation sites (tertiary alicyclic amines) is 1. The molecule has 0 aromatic carbocycles. The summed E-state index contributed by atoms with van der Waals surface area (Å²) in [6.45, 7) is 2.09. The molecule has 0 bridgehead atoms. The highest BCUT2D eigenvalue weighted by molar-refractivity contribution is 5.92. The lowest BCUT2D eigenvalue weighted by atomic mass is 10.2. The molecule has 1 aromatic heterocycles. The van der Waals surface area contributed by atoms with Gasteiger partial charge in [0.05, 0.1) is 0 Å². The average molecular weight is 276 g/mol. The smallest absolute Gasteiger partial charge is 0.271 e. The van der Waals surface area contributed by atoms with Crippen LogP contribution in [0.1, 0.15) is 54.2 Å². The molecule has 2 N–H and O–H groups in total. The van der Waals surface area contributed by atoms with Gasteiger partial charge in [0.15, 0.2) is 0 Å². The number of nitrogens with one attached hydrogen (secondary N) is 2. The normalized spacial score (nSPS) is 18.3. The Morgan fingerprint density at radius 2 is 2.10 bits per heavy atom. The summed E-state index contributed by atoms with van der Waals surface area (Å²) >= 11 is 0. The topological polar surface area (TPSA) is 78.1 Å². The molecule has 20 heavy (non-hydrogen) atoms. The monoisotopic (exact) mass is 276 g/mol. The standard InChI is InChI=1S/C14H20N4O2/c19-13(18-7-1-2-8-18)5-6-15-14(20)12-9-11(16-17-12)10-3-4-10/h9-10H,1-8H2,(H,15,20)(H,16,17). The fourth-order valence-corrected chi connectivity index (χ4v) is 2.55. The molecule has 6 nitrogen and oxygen atoms in total. The molecule has 2 heterocycles. The highest BCUT2D eigenvalue weighted by Gasteiger charge is 2.26. The van der Waals surface area contributed by atoms with Gasteiger partial charge in [-0.25, -0.2) is 0 Å². The molecule has 2 aliphatic rings. The summed E-state index contributed by atoms with van der Waals surface area (Å²) < 4.78 is 0. The lowest BCUT2D eigenvalue weighted by molar-refractivity contribution is -0.129. The van der Waals surface area contributed by atoms with Crippen molar-refractivity contribution in [1.82, 2.24) is 20.4 Å². The van der Waals surface area contributed by atoms with E-state index in [9.17, 15) is 9.59 Å². The van der Waals surface area contributed by atoms with Gasteiger partial charge in [0.1, 0.15) is 5.69 Å². The van der Waals surface area contributed by atoms with E-state index in [4.69, 9.17) is 0 Å². The number of carbonyl (C=O) groups excluding carboxylic acids is 2. The van der Waals surface area contributed by atoms with Crippen molar-refractivity contribution in [3.05, 3.63) is 17.5 Å².